The largest absolute Gasteiger partial charge is 0.159 e. The molecule has 0 aliphatic rings. The zero-order valence-electron chi connectivity index (χ0n) is 10.1. The van der Waals surface area contributed by atoms with Crippen LogP contribution in [0.25, 0.3) is 0 Å². The van der Waals surface area contributed by atoms with E-state index in [0.717, 1.165) is 10.5 Å². The molecule has 0 rings (SSSR count). The van der Waals surface area contributed by atoms with Gasteiger partial charge in [0, 0.05) is 16.3 Å². The third kappa shape index (κ3) is 9.26. The van der Waals surface area contributed by atoms with E-state index in [1.807, 2.05) is 11.8 Å². The van der Waals surface area contributed by atoms with Crippen molar-refractivity contribution in [3.63, 3.8) is 0 Å². The quantitative estimate of drug-likeness (QED) is 0.514. The van der Waals surface area contributed by atoms with Crippen LogP contribution in [0, 0.1) is 5.75 Å². The lowest BCUT2D eigenvalue weighted by atomic mass is 10.4. The molecule has 2 unspecified atom stereocenters. The van der Waals surface area contributed by atoms with E-state index in [1.54, 1.807) is 0 Å². The van der Waals surface area contributed by atoms with E-state index in [-0.39, 0.29) is 0 Å². The number of unbranched alkanes of at least 4 members (excludes halogenated alkanes) is 1. The predicted molar refractivity (Wildman–Crippen MR) is 73.1 cm³/mol. The third-order valence-corrected chi connectivity index (χ3v) is 4.70. The molecule has 0 aromatic rings. The molecule has 85 valence electrons. The Morgan fingerprint density at radius 1 is 1.14 bits per heavy atom. The van der Waals surface area contributed by atoms with Gasteiger partial charge in [-0.15, -0.1) is 0 Å². The summed E-state index contributed by atoms with van der Waals surface area (Å²) in [6, 6.07) is 0. The molecular weight excluding hydrogens is 208 g/mol. The van der Waals surface area contributed by atoms with Gasteiger partial charge >= 0.3 is 0 Å². The first kappa shape index (κ1) is 14.7. The monoisotopic (exact) mass is 233 g/mol. The molecule has 0 fully saturated rings. The second-order valence-corrected chi connectivity index (χ2v) is 6.75. The molecule has 0 saturated carbocycles. The Bertz CT molecular complexity index is 115. The van der Waals surface area contributed by atoms with Gasteiger partial charge in [-0.25, -0.2) is 0 Å². The van der Waals surface area contributed by atoms with Crippen LogP contribution in [0.15, 0.2) is 0 Å². The first-order valence-electron chi connectivity index (χ1n) is 5.79. The van der Waals surface area contributed by atoms with Crippen LogP contribution < -0.4 is 0 Å². The van der Waals surface area contributed by atoms with Crippen molar-refractivity contribution < 1.29 is 0 Å². The predicted octanol–water partition coefficient (Wildman–Crippen LogP) is 4.99. The fraction of sp³-hybridized carbons (Fsp3) is 0.917. The van der Waals surface area contributed by atoms with E-state index in [1.165, 1.54) is 31.4 Å². The molecule has 0 saturated heterocycles. The zero-order valence-corrected chi connectivity index (χ0v) is 11.7. The Balaban J connectivity index is 3.21. The van der Waals surface area contributed by atoms with Crippen LogP contribution in [-0.4, -0.2) is 16.3 Å². The summed E-state index contributed by atoms with van der Waals surface area (Å²) in [4.78, 5) is 0. The summed E-state index contributed by atoms with van der Waals surface area (Å²) in [5, 5.41) is 1.60. The number of thioether (sulfide) groups is 2. The van der Waals surface area contributed by atoms with Crippen molar-refractivity contribution >= 4 is 23.5 Å². The van der Waals surface area contributed by atoms with E-state index in [9.17, 15) is 0 Å². The van der Waals surface area contributed by atoms with E-state index < -0.39 is 0 Å². The Kier molecular flexibility index (Phi) is 10.7. The summed E-state index contributed by atoms with van der Waals surface area (Å²) in [7, 11) is 0. The molecule has 0 aliphatic carbocycles. The smallest absolute Gasteiger partial charge is 0.0180 e. The van der Waals surface area contributed by atoms with Gasteiger partial charge in [0.25, 0.3) is 0 Å². The van der Waals surface area contributed by atoms with Crippen LogP contribution in [0.4, 0.5) is 0 Å². The third-order valence-electron chi connectivity index (χ3n) is 2.23. The highest BCUT2D eigenvalue weighted by atomic mass is 32.2. The second-order valence-electron chi connectivity index (χ2n) is 3.79. The average Bonchev–Trinajstić information content (AvgIpc) is 2.18. The van der Waals surface area contributed by atoms with Crippen LogP contribution in [0.5, 0.6) is 0 Å². The maximum absolute atomic E-state index is 2.40. The highest BCUT2D eigenvalue weighted by molar-refractivity contribution is 8.02. The van der Waals surface area contributed by atoms with Gasteiger partial charge in [0.15, 0.2) is 0 Å². The van der Waals surface area contributed by atoms with Crippen molar-refractivity contribution in [2.75, 3.05) is 5.75 Å². The highest BCUT2D eigenvalue weighted by Crippen LogP contribution is 2.24. The van der Waals surface area contributed by atoms with Crippen LogP contribution in [-0.2, 0) is 0 Å². The van der Waals surface area contributed by atoms with E-state index in [2.05, 4.69) is 45.2 Å². The van der Waals surface area contributed by atoms with Gasteiger partial charge in [0.05, 0.1) is 0 Å². The van der Waals surface area contributed by atoms with Gasteiger partial charge in [-0.3, -0.25) is 0 Å². The summed E-state index contributed by atoms with van der Waals surface area (Å²) in [5.41, 5.74) is 0. The minimum absolute atomic E-state index is 0.794. The molecule has 0 amide bonds. The van der Waals surface area contributed by atoms with Crippen molar-refractivity contribution in [3.8, 4) is 0 Å². The first-order chi connectivity index (χ1) is 6.70. The fourth-order valence-corrected chi connectivity index (χ4v) is 3.08. The maximum Gasteiger partial charge on any atom is 0.0180 e. The van der Waals surface area contributed by atoms with Crippen LogP contribution in [0.2, 0.25) is 0 Å². The number of hydrogen-bond acceptors (Lipinski definition) is 2. The molecule has 2 heteroatoms. The van der Waals surface area contributed by atoms with E-state index in [4.69, 9.17) is 0 Å². The summed E-state index contributed by atoms with van der Waals surface area (Å²) in [6.45, 7) is 9.16. The molecular formula is C12H25S2. The van der Waals surface area contributed by atoms with Crippen molar-refractivity contribution in [2.24, 2.45) is 0 Å². The van der Waals surface area contributed by atoms with Crippen molar-refractivity contribution in [1.82, 2.24) is 0 Å². The minimum atomic E-state index is 0.794. The number of hydrogen-bond donors (Lipinski definition) is 0. The van der Waals surface area contributed by atoms with Gasteiger partial charge in [-0.05, 0) is 25.0 Å². The van der Waals surface area contributed by atoms with Gasteiger partial charge in [-0.1, -0.05) is 34.1 Å². The van der Waals surface area contributed by atoms with Crippen molar-refractivity contribution in [1.29, 1.82) is 0 Å². The van der Waals surface area contributed by atoms with Crippen molar-refractivity contribution in [3.05, 3.63) is 5.75 Å². The molecule has 1 radical (unpaired) electrons. The van der Waals surface area contributed by atoms with Crippen LogP contribution in [0.1, 0.15) is 53.4 Å². The summed E-state index contributed by atoms with van der Waals surface area (Å²) in [5.74, 6) is 3.73. The average molecular weight is 233 g/mol. The molecule has 0 aliphatic heterocycles. The second kappa shape index (κ2) is 10.2. The van der Waals surface area contributed by atoms with E-state index >= 15 is 0 Å². The summed E-state index contributed by atoms with van der Waals surface area (Å²) in [6.07, 6.45) is 5.22. The van der Waals surface area contributed by atoms with Gasteiger partial charge < -0.3 is 0 Å². The Labute approximate surface area is 99.0 Å². The molecule has 14 heavy (non-hydrogen) atoms. The lowest BCUT2D eigenvalue weighted by molar-refractivity contribution is 0.883. The zero-order chi connectivity index (χ0) is 10.8. The topological polar surface area (TPSA) is 0 Å². The fourth-order valence-electron chi connectivity index (χ4n) is 0.948. The number of rotatable bonds is 9. The van der Waals surface area contributed by atoms with Crippen LogP contribution >= 0.6 is 23.5 Å². The Morgan fingerprint density at radius 3 is 2.43 bits per heavy atom. The normalized spacial score (nSPS) is 15.4. The van der Waals surface area contributed by atoms with Gasteiger partial charge in [-0.2, -0.15) is 23.5 Å². The Morgan fingerprint density at radius 2 is 1.86 bits per heavy atom. The summed E-state index contributed by atoms with van der Waals surface area (Å²) >= 11 is 4.12. The molecule has 0 aromatic carbocycles. The molecule has 0 bridgehead atoms. The molecule has 0 heterocycles. The lowest BCUT2D eigenvalue weighted by Crippen LogP contribution is -1.99. The lowest BCUT2D eigenvalue weighted by Gasteiger charge is -2.12. The first-order valence-corrected chi connectivity index (χ1v) is 7.78. The molecule has 0 nitrogen and oxygen atoms in total. The van der Waals surface area contributed by atoms with E-state index in [0.29, 0.717) is 0 Å². The molecule has 0 aromatic heterocycles. The summed E-state index contributed by atoms with van der Waals surface area (Å²) < 4.78 is 0. The molecule has 2 atom stereocenters. The van der Waals surface area contributed by atoms with Crippen molar-refractivity contribution in [2.45, 2.75) is 63.9 Å². The van der Waals surface area contributed by atoms with Gasteiger partial charge in [0.1, 0.15) is 0 Å². The Hall–Kier alpha value is 0.700. The minimum Gasteiger partial charge on any atom is -0.159 e. The molecule has 0 spiro atoms. The van der Waals surface area contributed by atoms with Crippen LogP contribution in [0.3, 0.4) is 0 Å². The molecule has 0 N–H and O–H groups in total. The van der Waals surface area contributed by atoms with Gasteiger partial charge in [0.2, 0.25) is 0 Å². The standard InChI is InChI=1S/C12H25S2/c1-5-7-9-13-12(4)8-10-14-11(3)6-2/h10-12H,5-9H2,1-4H3. The maximum atomic E-state index is 2.40. The highest BCUT2D eigenvalue weighted by Gasteiger charge is 2.04. The SMILES string of the molecule is CCCCSC(C)C[CH]SC(C)CC.